The van der Waals surface area contributed by atoms with Crippen molar-refractivity contribution < 1.29 is 14.2 Å². The average Bonchev–Trinajstić information content (AvgIpc) is 2.58. The monoisotopic (exact) mass is 335 g/mol. The van der Waals surface area contributed by atoms with Crippen LogP contribution in [-0.4, -0.2) is 30.9 Å². The van der Waals surface area contributed by atoms with E-state index in [4.69, 9.17) is 16.3 Å². The maximum Gasteiger partial charge on any atom is 0.123 e. The van der Waals surface area contributed by atoms with Crippen LogP contribution in [-0.2, 0) is 16.8 Å². The molecular weight excluding hydrogens is 317 g/mol. The molecule has 23 heavy (non-hydrogen) atoms. The molecule has 1 fully saturated rings. The van der Waals surface area contributed by atoms with E-state index in [-0.39, 0.29) is 12.2 Å². The van der Waals surface area contributed by atoms with Crippen molar-refractivity contribution in [3.8, 4) is 0 Å². The molecule has 0 radical (unpaired) electrons. The van der Waals surface area contributed by atoms with Crippen LogP contribution in [0, 0.1) is 5.82 Å². The second kappa shape index (κ2) is 6.97. The molecule has 0 aromatic heterocycles. The number of halogens is 2. The number of aliphatic hydroxyl groups is 1. The van der Waals surface area contributed by atoms with Gasteiger partial charge in [-0.1, -0.05) is 41.9 Å². The van der Waals surface area contributed by atoms with Crippen molar-refractivity contribution >= 4 is 11.6 Å². The highest BCUT2D eigenvalue weighted by Gasteiger charge is 2.41. The van der Waals surface area contributed by atoms with Crippen molar-refractivity contribution in [1.29, 1.82) is 0 Å². The topological polar surface area (TPSA) is 41.5 Å². The Labute approximate surface area is 140 Å². The van der Waals surface area contributed by atoms with Crippen LogP contribution in [0.5, 0.6) is 0 Å². The Morgan fingerprint density at radius 3 is 2.78 bits per heavy atom. The molecule has 0 unspecified atom stereocenters. The molecule has 0 bridgehead atoms. The third kappa shape index (κ3) is 3.56. The summed E-state index contributed by atoms with van der Waals surface area (Å²) in [6.07, 6.45) is -0.225. The van der Waals surface area contributed by atoms with Crippen LogP contribution >= 0.6 is 11.6 Å². The van der Waals surface area contributed by atoms with E-state index in [9.17, 15) is 9.50 Å². The predicted octanol–water partition coefficient (Wildman–Crippen LogP) is 2.90. The largest absolute Gasteiger partial charge is 0.382 e. The fourth-order valence-corrected chi connectivity index (χ4v) is 3.17. The van der Waals surface area contributed by atoms with Gasteiger partial charge in [-0.25, -0.2) is 4.39 Å². The third-order valence-corrected chi connectivity index (χ3v) is 4.57. The van der Waals surface area contributed by atoms with Crippen molar-refractivity contribution in [2.45, 2.75) is 18.1 Å². The first-order valence-electron chi connectivity index (χ1n) is 7.64. The van der Waals surface area contributed by atoms with Crippen LogP contribution in [0.4, 0.5) is 4.39 Å². The molecule has 0 spiro atoms. The van der Waals surface area contributed by atoms with E-state index in [2.05, 4.69) is 5.32 Å². The van der Waals surface area contributed by atoms with E-state index in [1.54, 1.807) is 18.2 Å². The summed E-state index contributed by atoms with van der Waals surface area (Å²) in [5, 5.41) is 15.2. The van der Waals surface area contributed by atoms with E-state index in [0.717, 1.165) is 12.1 Å². The van der Waals surface area contributed by atoms with Crippen LogP contribution in [0.1, 0.15) is 11.1 Å². The van der Waals surface area contributed by atoms with Crippen LogP contribution in [0.3, 0.4) is 0 Å². The van der Waals surface area contributed by atoms with Gasteiger partial charge in [0, 0.05) is 24.5 Å². The minimum Gasteiger partial charge on any atom is -0.382 e. The summed E-state index contributed by atoms with van der Waals surface area (Å²) in [7, 11) is 0. The van der Waals surface area contributed by atoms with E-state index < -0.39 is 11.7 Å². The minimum atomic E-state index is -1.36. The zero-order valence-electron chi connectivity index (χ0n) is 12.6. The maximum atomic E-state index is 13.7. The zero-order valence-corrected chi connectivity index (χ0v) is 13.4. The molecule has 1 heterocycles. The molecule has 122 valence electrons. The summed E-state index contributed by atoms with van der Waals surface area (Å²) < 4.78 is 19.5. The van der Waals surface area contributed by atoms with Gasteiger partial charge in [0.1, 0.15) is 17.5 Å². The molecule has 5 heteroatoms. The normalized spacial score (nSPS) is 20.9. The van der Waals surface area contributed by atoms with E-state index >= 15 is 0 Å². The highest BCUT2D eigenvalue weighted by Crippen LogP contribution is 2.34. The maximum absolute atomic E-state index is 13.7. The Hall–Kier alpha value is -1.46. The van der Waals surface area contributed by atoms with Gasteiger partial charge >= 0.3 is 0 Å². The average molecular weight is 336 g/mol. The molecule has 2 aromatic rings. The van der Waals surface area contributed by atoms with Crippen molar-refractivity contribution in [2.24, 2.45) is 0 Å². The predicted molar refractivity (Wildman–Crippen MR) is 88.1 cm³/mol. The first kappa shape index (κ1) is 16.4. The molecule has 1 saturated heterocycles. The molecule has 3 rings (SSSR count). The summed E-state index contributed by atoms with van der Waals surface area (Å²) in [6, 6.07) is 13.4. The van der Waals surface area contributed by atoms with Crippen molar-refractivity contribution in [1.82, 2.24) is 5.32 Å². The van der Waals surface area contributed by atoms with Crippen LogP contribution in [0.25, 0.3) is 0 Å². The molecule has 2 N–H and O–H groups in total. The van der Waals surface area contributed by atoms with Gasteiger partial charge in [-0.05, 0) is 29.3 Å². The number of nitrogens with one attached hydrogen (secondary N) is 1. The lowest BCUT2D eigenvalue weighted by molar-refractivity contribution is -0.124. The number of hydrogen-bond donors (Lipinski definition) is 2. The Bertz CT molecular complexity index is 676. The second-order valence-electron chi connectivity index (χ2n) is 5.77. The molecular formula is C18H19ClFNO2. The molecule has 1 aliphatic rings. The second-order valence-corrected chi connectivity index (χ2v) is 6.17. The van der Waals surface area contributed by atoms with Gasteiger partial charge in [-0.15, -0.1) is 0 Å². The standard InChI is InChI=1S/C18H19ClFNO2/c19-16-7-2-1-4-13(16)11-18(22,17-12-21-8-9-23-17)14-5-3-6-15(20)10-14/h1-7,10,17,21-22H,8-9,11-12H2/t17-,18+/m0/s1. The van der Waals surface area contributed by atoms with Gasteiger partial charge in [0.25, 0.3) is 0 Å². The van der Waals surface area contributed by atoms with Crippen LogP contribution in [0.2, 0.25) is 5.02 Å². The SMILES string of the molecule is O[C@](Cc1ccccc1Cl)(c1cccc(F)c1)[C@@H]1CNCCO1. The number of hydrogen-bond acceptors (Lipinski definition) is 3. The van der Waals surface area contributed by atoms with E-state index in [0.29, 0.717) is 23.7 Å². The van der Waals surface area contributed by atoms with Gasteiger partial charge in [-0.2, -0.15) is 0 Å². The Kier molecular flexibility index (Phi) is 4.97. The summed E-state index contributed by atoms with van der Waals surface area (Å²) in [5.41, 5.74) is -0.0678. The van der Waals surface area contributed by atoms with Crippen LogP contribution in [0.15, 0.2) is 48.5 Å². The summed E-state index contributed by atoms with van der Waals surface area (Å²) in [6.45, 7) is 1.74. The first-order valence-corrected chi connectivity index (χ1v) is 8.01. The minimum absolute atomic E-state index is 0.252. The van der Waals surface area contributed by atoms with Crippen molar-refractivity contribution in [3.05, 3.63) is 70.5 Å². The summed E-state index contributed by atoms with van der Waals surface area (Å²) >= 11 is 6.25. The molecule has 0 amide bonds. The Morgan fingerprint density at radius 2 is 2.09 bits per heavy atom. The van der Waals surface area contributed by atoms with Gasteiger partial charge < -0.3 is 15.2 Å². The molecule has 3 nitrogen and oxygen atoms in total. The molecule has 0 aliphatic carbocycles. The van der Waals surface area contributed by atoms with E-state index in [1.165, 1.54) is 12.1 Å². The Morgan fingerprint density at radius 1 is 1.26 bits per heavy atom. The number of ether oxygens (including phenoxy) is 1. The highest BCUT2D eigenvalue weighted by molar-refractivity contribution is 6.31. The van der Waals surface area contributed by atoms with E-state index in [1.807, 2.05) is 18.2 Å². The lowest BCUT2D eigenvalue weighted by Gasteiger charge is -2.39. The van der Waals surface area contributed by atoms with Crippen LogP contribution < -0.4 is 5.32 Å². The van der Waals surface area contributed by atoms with Crippen molar-refractivity contribution in [2.75, 3.05) is 19.7 Å². The van der Waals surface area contributed by atoms with Gasteiger partial charge in [-0.3, -0.25) is 0 Å². The molecule has 1 aliphatic heterocycles. The summed E-state index contributed by atoms with van der Waals surface area (Å²) in [4.78, 5) is 0. The first-order chi connectivity index (χ1) is 11.1. The third-order valence-electron chi connectivity index (χ3n) is 4.20. The number of rotatable bonds is 4. The molecule has 2 aromatic carbocycles. The lowest BCUT2D eigenvalue weighted by atomic mass is 9.82. The lowest BCUT2D eigenvalue weighted by Crippen LogP contribution is -2.52. The zero-order chi connectivity index (χ0) is 16.3. The fourth-order valence-electron chi connectivity index (χ4n) is 2.96. The number of morpholine rings is 1. The Balaban J connectivity index is 2.00. The van der Waals surface area contributed by atoms with Gasteiger partial charge in [0.2, 0.25) is 0 Å². The fraction of sp³-hybridized carbons (Fsp3) is 0.333. The van der Waals surface area contributed by atoms with Gasteiger partial charge in [0.05, 0.1) is 6.61 Å². The highest BCUT2D eigenvalue weighted by atomic mass is 35.5. The van der Waals surface area contributed by atoms with Gasteiger partial charge in [0.15, 0.2) is 0 Å². The number of benzene rings is 2. The molecule has 2 atom stereocenters. The quantitative estimate of drug-likeness (QED) is 0.902. The van der Waals surface area contributed by atoms with Crippen molar-refractivity contribution in [3.63, 3.8) is 0 Å². The smallest absolute Gasteiger partial charge is 0.123 e. The summed E-state index contributed by atoms with van der Waals surface area (Å²) in [5.74, 6) is -0.385. The molecule has 0 saturated carbocycles.